The number of methoxy groups -OCH3 is 1. The lowest BCUT2D eigenvalue weighted by molar-refractivity contribution is -0.135. The van der Waals surface area contributed by atoms with Crippen LogP contribution in [0.15, 0.2) is 48.5 Å². The Morgan fingerprint density at radius 1 is 1.12 bits per heavy atom. The standard InChI is InChI=1S/C26H33ClN2O3/c1-31-15-14-29-24-12-13-28(17-21(24)8-5-9-26(29)30)18-22-16-23(27)10-11-25(22)32-19-20-6-3-2-4-7-20/h2-4,6-7,10-11,16,21,24H,5,8-9,12-15,17-19H2,1H3/t21-,24+/m0/s1. The van der Waals surface area contributed by atoms with E-state index in [1.807, 2.05) is 36.4 Å². The normalized spacial score (nSPS) is 21.8. The van der Waals surface area contributed by atoms with E-state index in [0.29, 0.717) is 38.1 Å². The number of nitrogens with zero attached hydrogens (tertiary/aromatic N) is 2. The first-order valence-electron chi connectivity index (χ1n) is 11.6. The van der Waals surface area contributed by atoms with Crippen molar-refractivity contribution in [3.8, 4) is 5.75 Å². The van der Waals surface area contributed by atoms with E-state index in [4.69, 9.17) is 21.1 Å². The molecule has 2 atom stereocenters. The molecule has 0 aromatic heterocycles. The van der Waals surface area contributed by atoms with Crippen LogP contribution in [0.3, 0.4) is 0 Å². The van der Waals surface area contributed by atoms with Gasteiger partial charge >= 0.3 is 0 Å². The summed E-state index contributed by atoms with van der Waals surface area (Å²) in [7, 11) is 1.70. The summed E-state index contributed by atoms with van der Waals surface area (Å²) < 4.78 is 11.4. The Morgan fingerprint density at radius 2 is 1.97 bits per heavy atom. The topological polar surface area (TPSA) is 42.0 Å². The van der Waals surface area contributed by atoms with Crippen LogP contribution in [0, 0.1) is 5.92 Å². The van der Waals surface area contributed by atoms with Crippen LogP contribution in [0.5, 0.6) is 5.75 Å². The summed E-state index contributed by atoms with van der Waals surface area (Å²) in [5, 5.41) is 0.729. The minimum Gasteiger partial charge on any atom is -0.489 e. The molecule has 0 aliphatic carbocycles. The van der Waals surface area contributed by atoms with Crippen LogP contribution >= 0.6 is 11.6 Å². The van der Waals surface area contributed by atoms with Crippen LogP contribution < -0.4 is 4.74 Å². The zero-order chi connectivity index (χ0) is 22.3. The molecule has 2 aromatic carbocycles. The second kappa shape index (κ2) is 11.2. The molecular weight excluding hydrogens is 424 g/mol. The van der Waals surface area contributed by atoms with Crippen molar-refractivity contribution in [1.82, 2.24) is 9.80 Å². The van der Waals surface area contributed by atoms with E-state index in [-0.39, 0.29) is 5.91 Å². The molecule has 2 saturated heterocycles. The van der Waals surface area contributed by atoms with Crippen molar-refractivity contribution in [2.24, 2.45) is 5.92 Å². The molecule has 2 heterocycles. The van der Waals surface area contributed by atoms with E-state index in [1.165, 1.54) is 0 Å². The van der Waals surface area contributed by atoms with Gasteiger partial charge in [0.15, 0.2) is 0 Å². The lowest BCUT2D eigenvalue weighted by Gasteiger charge is -2.42. The monoisotopic (exact) mass is 456 g/mol. The number of benzene rings is 2. The minimum absolute atomic E-state index is 0.287. The van der Waals surface area contributed by atoms with Crippen molar-refractivity contribution in [1.29, 1.82) is 0 Å². The maximum absolute atomic E-state index is 12.6. The Kier molecular flexibility index (Phi) is 8.06. The number of likely N-dealkylation sites (tertiary alicyclic amines) is 2. The van der Waals surface area contributed by atoms with Gasteiger partial charge in [-0.25, -0.2) is 0 Å². The summed E-state index contributed by atoms with van der Waals surface area (Å²) in [6, 6.07) is 16.4. The molecule has 5 nitrogen and oxygen atoms in total. The van der Waals surface area contributed by atoms with E-state index in [1.54, 1.807) is 7.11 Å². The van der Waals surface area contributed by atoms with Crippen LogP contribution in [-0.2, 0) is 22.7 Å². The zero-order valence-electron chi connectivity index (χ0n) is 18.8. The van der Waals surface area contributed by atoms with E-state index in [2.05, 4.69) is 21.9 Å². The fourth-order valence-electron chi connectivity index (χ4n) is 5.05. The third-order valence-electron chi connectivity index (χ3n) is 6.65. The van der Waals surface area contributed by atoms with Gasteiger partial charge in [-0.05, 0) is 48.9 Å². The summed E-state index contributed by atoms with van der Waals surface area (Å²) in [6.45, 7) is 4.59. The molecule has 0 unspecified atom stereocenters. The Morgan fingerprint density at radius 3 is 2.78 bits per heavy atom. The van der Waals surface area contributed by atoms with Crippen LogP contribution in [-0.4, -0.2) is 55.1 Å². The second-order valence-corrected chi connectivity index (χ2v) is 9.29. The Hall–Kier alpha value is -2.08. The van der Waals surface area contributed by atoms with Gasteiger partial charge in [0.25, 0.3) is 0 Å². The number of fused-ring (bicyclic) bond motifs is 1. The van der Waals surface area contributed by atoms with Crippen molar-refractivity contribution in [3.63, 3.8) is 0 Å². The second-order valence-electron chi connectivity index (χ2n) is 8.85. The van der Waals surface area contributed by atoms with Gasteiger partial charge in [-0.2, -0.15) is 0 Å². The molecule has 172 valence electrons. The van der Waals surface area contributed by atoms with Gasteiger partial charge in [0, 0.05) is 56.3 Å². The van der Waals surface area contributed by atoms with E-state index >= 15 is 0 Å². The third kappa shape index (κ3) is 5.83. The summed E-state index contributed by atoms with van der Waals surface area (Å²) >= 11 is 6.34. The lowest BCUT2D eigenvalue weighted by Crippen LogP contribution is -2.52. The predicted molar refractivity (Wildman–Crippen MR) is 127 cm³/mol. The van der Waals surface area contributed by atoms with Gasteiger partial charge < -0.3 is 14.4 Å². The van der Waals surface area contributed by atoms with Crippen molar-refractivity contribution in [2.45, 2.75) is 44.9 Å². The molecule has 2 fully saturated rings. The summed E-state index contributed by atoms with van der Waals surface area (Å²) in [4.78, 5) is 17.2. The molecule has 2 aliphatic rings. The molecule has 2 aromatic rings. The smallest absolute Gasteiger partial charge is 0.222 e. The number of amides is 1. The number of hydrogen-bond acceptors (Lipinski definition) is 4. The Labute approximate surface area is 196 Å². The van der Waals surface area contributed by atoms with Crippen LogP contribution in [0.1, 0.15) is 36.8 Å². The molecule has 2 aliphatic heterocycles. The number of carbonyl (C=O) groups excluding carboxylic acids is 1. The molecule has 0 N–H and O–H groups in total. The number of hydrogen-bond donors (Lipinski definition) is 0. The highest BCUT2D eigenvalue weighted by molar-refractivity contribution is 6.30. The highest BCUT2D eigenvalue weighted by Gasteiger charge is 2.37. The first kappa shape index (κ1) is 23.1. The largest absolute Gasteiger partial charge is 0.489 e. The maximum Gasteiger partial charge on any atom is 0.222 e. The molecule has 0 radical (unpaired) electrons. The number of rotatable bonds is 8. The average Bonchev–Trinajstić information content (AvgIpc) is 2.95. The number of halogens is 1. The molecule has 32 heavy (non-hydrogen) atoms. The van der Waals surface area contributed by atoms with Gasteiger partial charge in [-0.1, -0.05) is 41.9 Å². The summed E-state index contributed by atoms with van der Waals surface area (Å²) in [5.74, 6) is 1.67. The number of ether oxygens (including phenoxy) is 2. The molecule has 0 saturated carbocycles. The van der Waals surface area contributed by atoms with Crippen molar-refractivity contribution in [3.05, 3.63) is 64.7 Å². The zero-order valence-corrected chi connectivity index (χ0v) is 19.6. The Bertz CT molecular complexity index is 892. The van der Waals surface area contributed by atoms with Crippen LogP contribution in [0.2, 0.25) is 5.02 Å². The van der Waals surface area contributed by atoms with Crippen LogP contribution in [0.4, 0.5) is 0 Å². The first-order chi connectivity index (χ1) is 15.6. The average molecular weight is 457 g/mol. The highest BCUT2D eigenvalue weighted by atomic mass is 35.5. The van der Waals surface area contributed by atoms with Crippen molar-refractivity contribution >= 4 is 17.5 Å². The third-order valence-corrected chi connectivity index (χ3v) is 6.89. The van der Waals surface area contributed by atoms with Crippen LogP contribution in [0.25, 0.3) is 0 Å². The first-order valence-corrected chi connectivity index (χ1v) is 12.0. The SMILES string of the molecule is COCCN1C(=O)CCC[C@H]2CN(Cc3cc(Cl)ccc3OCc3ccccc3)CC[C@H]21. The van der Waals surface area contributed by atoms with E-state index < -0.39 is 0 Å². The Balaban J connectivity index is 1.42. The quantitative estimate of drug-likeness (QED) is 0.574. The van der Waals surface area contributed by atoms with Crippen molar-refractivity contribution in [2.75, 3.05) is 33.4 Å². The summed E-state index contributed by atoms with van der Waals surface area (Å²) in [5.41, 5.74) is 2.27. The molecule has 4 rings (SSSR count). The minimum atomic E-state index is 0.287. The van der Waals surface area contributed by atoms with Gasteiger partial charge in [0.05, 0.1) is 6.61 Å². The van der Waals surface area contributed by atoms with Gasteiger partial charge in [-0.15, -0.1) is 0 Å². The molecule has 0 bridgehead atoms. The summed E-state index contributed by atoms with van der Waals surface area (Å²) in [6.07, 6.45) is 3.73. The number of carbonyl (C=O) groups is 1. The fourth-order valence-corrected chi connectivity index (χ4v) is 5.24. The maximum atomic E-state index is 12.6. The van der Waals surface area contributed by atoms with Crippen molar-refractivity contribution < 1.29 is 14.3 Å². The van der Waals surface area contributed by atoms with Gasteiger partial charge in [0.2, 0.25) is 5.91 Å². The highest BCUT2D eigenvalue weighted by Crippen LogP contribution is 2.32. The molecular formula is C26H33ClN2O3. The molecule has 1 amide bonds. The molecule has 0 spiro atoms. The fraction of sp³-hybridized carbons (Fsp3) is 0.500. The lowest BCUT2D eigenvalue weighted by atomic mass is 9.88. The molecule has 6 heteroatoms. The number of piperidine rings is 1. The predicted octanol–water partition coefficient (Wildman–Crippen LogP) is 4.77. The van der Waals surface area contributed by atoms with Gasteiger partial charge in [0.1, 0.15) is 12.4 Å². The van der Waals surface area contributed by atoms with E-state index in [0.717, 1.165) is 60.8 Å². The van der Waals surface area contributed by atoms with E-state index in [9.17, 15) is 4.79 Å². The van der Waals surface area contributed by atoms with Gasteiger partial charge in [-0.3, -0.25) is 9.69 Å².